The van der Waals surface area contributed by atoms with E-state index in [4.69, 9.17) is 28.9 Å². The minimum Gasteiger partial charge on any atom is -0.396 e. The molecule has 0 atom stereocenters. The Morgan fingerprint density at radius 3 is 2.65 bits per heavy atom. The van der Waals surface area contributed by atoms with Gasteiger partial charge >= 0.3 is 0 Å². The van der Waals surface area contributed by atoms with Crippen LogP contribution in [0.1, 0.15) is 5.56 Å². The topological polar surface area (TPSA) is 50.9 Å². The summed E-state index contributed by atoms with van der Waals surface area (Å²) in [5.74, 6) is 0.542. The molecule has 1 aromatic heterocycles. The molecule has 2 aromatic rings. The minimum absolute atomic E-state index is 0.481. The van der Waals surface area contributed by atoms with Crippen LogP contribution in [0.5, 0.6) is 0 Å². The van der Waals surface area contributed by atoms with E-state index in [9.17, 15) is 0 Å². The lowest BCUT2D eigenvalue weighted by molar-refractivity contribution is 1.31. The summed E-state index contributed by atoms with van der Waals surface area (Å²) in [6.45, 7) is 1.98. The Bertz CT molecular complexity index is 506. The molecule has 0 fully saturated rings. The maximum atomic E-state index is 6.11. The van der Waals surface area contributed by atoms with Crippen LogP contribution < -0.4 is 11.1 Å². The molecular weight excluding hydrogens is 257 g/mol. The molecule has 3 N–H and O–H groups in total. The fourth-order valence-electron chi connectivity index (χ4n) is 1.41. The maximum absolute atomic E-state index is 6.11. The van der Waals surface area contributed by atoms with Crippen molar-refractivity contribution in [1.82, 2.24) is 4.98 Å². The minimum atomic E-state index is 0.481. The van der Waals surface area contributed by atoms with Crippen LogP contribution in [0.4, 0.5) is 17.2 Å². The number of aromatic nitrogens is 1. The normalized spacial score (nSPS) is 10.3. The van der Waals surface area contributed by atoms with E-state index < -0.39 is 0 Å². The average Bonchev–Trinajstić information content (AvgIpc) is 2.25. The third kappa shape index (κ3) is 2.81. The first kappa shape index (κ1) is 12.0. The van der Waals surface area contributed by atoms with E-state index in [0.29, 0.717) is 21.6 Å². The summed E-state index contributed by atoms with van der Waals surface area (Å²) in [6, 6.07) is 7.35. The average molecular weight is 268 g/mol. The number of hydrogen-bond donors (Lipinski definition) is 2. The van der Waals surface area contributed by atoms with E-state index >= 15 is 0 Å². The van der Waals surface area contributed by atoms with Crippen LogP contribution in [0.15, 0.2) is 30.5 Å². The van der Waals surface area contributed by atoms with Gasteiger partial charge < -0.3 is 11.1 Å². The summed E-state index contributed by atoms with van der Waals surface area (Å²) in [7, 11) is 0. The number of rotatable bonds is 2. The largest absolute Gasteiger partial charge is 0.396 e. The zero-order chi connectivity index (χ0) is 12.4. The lowest BCUT2D eigenvalue weighted by atomic mass is 10.2. The molecule has 0 amide bonds. The van der Waals surface area contributed by atoms with Crippen molar-refractivity contribution in [2.24, 2.45) is 0 Å². The number of hydrogen-bond acceptors (Lipinski definition) is 3. The monoisotopic (exact) mass is 267 g/mol. The van der Waals surface area contributed by atoms with Crippen LogP contribution >= 0.6 is 23.2 Å². The summed E-state index contributed by atoms with van der Waals surface area (Å²) in [4.78, 5) is 4.11. The van der Waals surface area contributed by atoms with Crippen molar-refractivity contribution >= 4 is 40.4 Å². The van der Waals surface area contributed by atoms with Gasteiger partial charge in [0.15, 0.2) is 5.82 Å². The number of aryl methyl sites for hydroxylation is 1. The molecule has 0 aliphatic heterocycles. The molecule has 5 heteroatoms. The summed E-state index contributed by atoms with van der Waals surface area (Å²) in [5, 5.41) is 4.20. The van der Waals surface area contributed by atoms with Crippen LogP contribution in [0, 0.1) is 6.92 Å². The molecule has 2 rings (SSSR count). The molecule has 1 heterocycles. The van der Waals surface area contributed by atoms with Crippen molar-refractivity contribution in [3.05, 3.63) is 46.1 Å². The Morgan fingerprint density at radius 1 is 1.24 bits per heavy atom. The van der Waals surface area contributed by atoms with E-state index in [-0.39, 0.29) is 0 Å². The summed E-state index contributed by atoms with van der Waals surface area (Å²) < 4.78 is 0. The van der Waals surface area contributed by atoms with Crippen molar-refractivity contribution in [2.45, 2.75) is 6.92 Å². The van der Waals surface area contributed by atoms with E-state index in [1.54, 1.807) is 6.07 Å². The van der Waals surface area contributed by atoms with Gasteiger partial charge in [-0.15, -0.1) is 0 Å². The summed E-state index contributed by atoms with van der Waals surface area (Å²) in [5.41, 5.74) is 8.14. The molecule has 0 bridgehead atoms. The zero-order valence-electron chi connectivity index (χ0n) is 9.17. The molecule has 17 heavy (non-hydrogen) atoms. The maximum Gasteiger partial charge on any atom is 0.153 e. The van der Waals surface area contributed by atoms with Gasteiger partial charge in [-0.1, -0.05) is 29.3 Å². The molecule has 1 aromatic carbocycles. The number of halogens is 2. The van der Waals surface area contributed by atoms with Crippen molar-refractivity contribution < 1.29 is 0 Å². The fraction of sp³-hybridized carbons (Fsp3) is 0.0833. The number of nitrogen functional groups attached to an aromatic ring is 1. The second kappa shape index (κ2) is 4.82. The Labute approximate surface area is 110 Å². The molecule has 0 aliphatic rings. The van der Waals surface area contributed by atoms with Gasteiger partial charge in [0.05, 0.1) is 21.4 Å². The Balaban J connectivity index is 2.31. The standard InChI is InChI=1S/C12H11Cl2N3/c1-7-2-3-11(9(14)4-7)17-12-10(15)5-8(13)6-16-12/h2-6H,15H2,1H3,(H,16,17). The lowest BCUT2D eigenvalue weighted by Crippen LogP contribution is -1.99. The van der Waals surface area contributed by atoms with Crippen LogP contribution in [-0.4, -0.2) is 4.98 Å². The summed E-state index contributed by atoms with van der Waals surface area (Å²) in [6.07, 6.45) is 1.53. The molecule has 0 aliphatic carbocycles. The van der Waals surface area contributed by atoms with Crippen LogP contribution in [0.3, 0.4) is 0 Å². The third-order valence-corrected chi connectivity index (χ3v) is 2.78. The highest BCUT2D eigenvalue weighted by molar-refractivity contribution is 6.33. The van der Waals surface area contributed by atoms with Crippen molar-refractivity contribution in [2.75, 3.05) is 11.1 Å². The number of nitrogens with zero attached hydrogens (tertiary/aromatic N) is 1. The quantitative estimate of drug-likeness (QED) is 0.864. The van der Waals surface area contributed by atoms with E-state index in [0.717, 1.165) is 11.3 Å². The first-order valence-corrected chi connectivity index (χ1v) is 5.76. The zero-order valence-corrected chi connectivity index (χ0v) is 10.7. The van der Waals surface area contributed by atoms with Crippen molar-refractivity contribution in [3.63, 3.8) is 0 Å². The predicted molar refractivity (Wildman–Crippen MR) is 73.1 cm³/mol. The van der Waals surface area contributed by atoms with Gasteiger partial charge in [-0.3, -0.25) is 0 Å². The van der Waals surface area contributed by atoms with Gasteiger partial charge in [0, 0.05) is 6.20 Å². The molecular formula is C12H11Cl2N3. The highest BCUT2D eigenvalue weighted by Crippen LogP contribution is 2.28. The van der Waals surface area contributed by atoms with Gasteiger partial charge in [0.1, 0.15) is 0 Å². The molecule has 0 saturated heterocycles. The summed E-state index contributed by atoms with van der Waals surface area (Å²) >= 11 is 11.9. The number of benzene rings is 1. The predicted octanol–water partition coefficient (Wildman–Crippen LogP) is 4.02. The SMILES string of the molecule is Cc1ccc(Nc2ncc(Cl)cc2N)c(Cl)c1. The first-order valence-electron chi connectivity index (χ1n) is 5.00. The van der Waals surface area contributed by atoms with Gasteiger partial charge in [-0.25, -0.2) is 4.98 Å². The highest BCUT2D eigenvalue weighted by Gasteiger charge is 2.05. The molecule has 0 unspecified atom stereocenters. The highest BCUT2D eigenvalue weighted by atomic mass is 35.5. The molecule has 3 nitrogen and oxygen atoms in total. The van der Waals surface area contributed by atoms with Gasteiger partial charge in [0.25, 0.3) is 0 Å². The Morgan fingerprint density at radius 2 is 2.00 bits per heavy atom. The van der Waals surface area contributed by atoms with Crippen molar-refractivity contribution in [3.8, 4) is 0 Å². The van der Waals surface area contributed by atoms with Crippen molar-refractivity contribution in [1.29, 1.82) is 0 Å². The van der Waals surface area contributed by atoms with E-state index in [2.05, 4.69) is 10.3 Å². The van der Waals surface area contributed by atoms with E-state index in [1.807, 2.05) is 25.1 Å². The van der Waals surface area contributed by atoms with Crippen LogP contribution in [0.25, 0.3) is 0 Å². The van der Waals surface area contributed by atoms with Crippen LogP contribution in [-0.2, 0) is 0 Å². The molecule has 0 radical (unpaired) electrons. The Kier molecular flexibility index (Phi) is 3.41. The Hall–Kier alpha value is -1.45. The molecule has 0 saturated carbocycles. The molecule has 0 spiro atoms. The third-order valence-electron chi connectivity index (χ3n) is 2.26. The molecule has 88 valence electrons. The lowest BCUT2D eigenvalue weighted by Gasteiger charge is -2.10. The second-order valence-electron chi connectivity index (χ2n) is 3.70. The van der Waals surface area contributed by atoms with Gasteiger partial charge in [-0.2, -0.15) is 0 Å². The number of nitrogens with two attached hydrogens (primary N) is 1. The van der Waals surface area contributed by atoms with Crippen LogP contribution in [0.2, 0.25) is 10.0 Å². The fourth-order valence-corrected chi connectivity index (χ4v) is 1.86. The van der Waals surface area contributed by atoms with Gasteiger partial charge in [-0.05, 0) is 30.7 Å². The smallest absolute Gasteiger partial charge is 0.153 e. The number of nitrogens with one attached hydrogen (secondary N) is 1. The second-order valence-corrected chi connectivity index (χ2v) is 4.54. The first-order chi connectivity index (χ1) is 8.06. The van der Waals surface area contributed by atoms with E-state index in [1.165, 1.54) is 6.20 Å². The number of anilines is 3. The van der Waals surface area contributed by atoms with Gasteiger partial charge in [0.2, 0.25) is 0 Å². The number of pyridine rings is 1.